The number of anilines is 1. The summed E-state index contributed by atoms with van der Waals surface area (Å²) in [5.74, 6) is -1.06. The van der Waals surface area contributed by atoms with Crippen LogP contribution in [0, 0.1) is 0 Å². The van der Waals surface area contributed by atoms with Crippen molar-refractivity contribution in [3.05, 3.63) is 65.5 Å². The Morgan fingerprint density at radius 2 is 1.94 bits per heavy atom. The molecule has 11 heteroatoms. The van der Waals surface area contributed by atoms with Crippen LogP contribution in [0.2, 0.25) is 0 Å². The number of rotatable bonds is 6. The van der Waals surface area contributed by atoms with Gasteiger partial charge in [-0.25, -0.2) is 13.2 Å². The van der Waals surface area contributed by atoms with Crippen LogP contribution in [0.4, 0.5) is 5.69 Å². The Balaban J connectivity index is 1.49. The highest BCUT2D eigenvalue weighted by Gasteiger charge is 2.25. The first-order valence-corrected chi connectivity index (χ1v) is 11.3. The quantitative estimate of drug-likeness (QED) is 0.415. The molecule has 0 radical (unpaired) electrons. The maximum Gasteiger partial charge on any atom is 0.340 e. The number of esters is 1. The molecule has 0 spiro atoms. The topological polar surface area (TPSA) is 124 Å². The molecule has 0 fully saturated rings. The number of Topliss-reactive ketones (excluding diaryl/α,β-unsaturated/α-hetero) is 1. The second-order valence-corrected chi connectivity index (χ2v) is 8.96. The lowest BCUT2D eigenvalue weighted by Gasteiger charge is -2.29. The number of aryl methyl sites for hydroxylation is 1. The van der Waals surface area contributed by atoms with E-state index < -0.39 is 22.6 Å². The summed E-state index contributed by atoms with van der Waals surface area (Å²) in [7, 11) is -3.38. The predicted octanol–water partition coefficient (Wildman–Crippen LogP) is 1.41. The molecule has 1 aromatic heterocycles. The summed E-state index contributed by atoms with van der Waals surface area (Å²) in [6, 6.07) is 11.5. The minimum absolute atomic E-state index is 0.219. The largest absolute Gasteiger partial charge is 0.454 e. The summed E-state index contributed by atoms with van der Waals surface area (Å²) < 4.78 is 31.9. The van der Waals surface area contributed by atoms with Gasteiger partial charge >= 0.3 is 5.97 Å². The Morgan fingerprint density at radius 3 is 2.68 bits per heavy atom. The van der Waals surface area contributed by atoms with Crippen LogP contribution in [-0.4, -0.2) is 59.8 Å². The van der Waals surface area contributed by atoms with Crippen molar-refractivity contribution in [3.63, 3.8) is 0 Å². The van der Waals surface area contributed by atoms with Crippen molar-refractivity contribution < 1.29 is 22.7 Å². The molecule has 0 bridgehead atoms. The van der Waals surface area contributed by atoms with Gasteiger partial charge in [0.25, 0.3) is 0 Å². The number of ketones is 1. The van der Waals surface area contributed by atoms with Gasteiger partial charge in [0.1, 0.15) is 6.33 Å². The van der Waals surface area contributed by atoms with E-state index in [1.165, 1.54) is 15.3 Å². The van der Waals surface area contributed by atoms with E-state index in [1.807, 2.05) is 0 Å². The number of hydrogen-bond acceptors (Lipinski definition) is 8. The summed E-state index contributed by atoms with van der Waals surface area (Å²) in [5.41, 5.74) is 2.36. The number of benzene rings is 2. The summed E-state index contributed by atoms with van der Waals surface area (Å²) in [6.45, 7) is -0.0329. The van der Waals surface area contributed by atoms with Gasteiger partial charge in [0.05, 0.1) is 23.2 Å². The van der Waals surface area contributed by atoms with Crippen molar-refractivity contribution >= 4 is 27.5 Å². The van der Waals surface area contributed by atoms with E-state index in [0.717, 1.165) is 11.8 Å². The van der Waals surface area contributed by atoms with E-state index in [4.69, 9.17) is 4.74 Å². The zero-order chi connectivity index (χ0) is 22.0. The molecular formula is C20H19N5O5S. The van der Waals surface area contributed by atoms with Crippen LogP contribution < -0.4 is 4.31 Å². The lowest BCUT2D eigenvalue weighted by Crippen LogP contribution is -2.34. The van der Waals surface area contributed by atoms with E-state index >= 15 is 0 Å². The van der Waals surface area contributed by atoms with Gasteiger partial charge in [-0.15, -0.1) is 5.10 Å². The Bertz CT molecular complexity index is 1240. The SMILES string of the molecule is CS(=O)(=O)N1CCCc2cc(C(=O)COC(=O)c3ccccc3-n3cnnn3)ccc21. The molecule has 0 N–H and O–H groups in total. The Morgan fingerprint density at radius 1 is 1.13 bits per heavy atom. The Labute approximate surface area is 178 Å². The second kappa shape index (κ2) is 8.26. The molecule has 0 unspecified atom stereocenters. The van der Waals surface area contributed by atoms with Crippen LogP contribution in [0.5, 0.6) is 0 Å². The molecule has 0 amide bonds. The first-order chi connectivity index (χ1) is 14.8. The summed E-state index contributed by atoms with van der Waals surface area (Å²) in [6.07, 6.45) is 3.85. The molecule has 2 aromatic carbocycles. The molecule has 1 aliphatic heterocycles. The zero-order valence-electron chi connectivity index (χ0n) is 16.6. The fourth-order valence-electron chi connectivity index (χ4n) is 3.49. The minimum Gasteiger partial charge on any atom is -0.454 e. The third-order valence-corrected chi connectivity index (χ3v) is 6.11. The Hall–Kier alpha value is -3.60. The average Bonchev–Trinajstić information content (AvgIpc) is 3.30. The van der Waals surface area contributed by atoms with Gasteiger partial charge in [0.2, 0.25) is 10.0 Å². The maximum absolute atomic E-state index is 12.6. The molecule has 160 valence electrons. The van der Waals surface area contributed by atoms with Crippen LogP contribution in [0.3, 0.4) is 0 Å². The normalized spacial score (nSPS) is 13.5. The van der Waals surface area contributed by atoms with Crippen molar-refractivity contribution in [2.24, 2.45) is 0 Å². The molecule has 0 aliphatic carbocycles. The molecule has 2 heterocycles. The molecule has 1 aliphatic rings. The summed E-state index contributed by atoms with van der Waals surface area (Å²) in [4.78, 5) is 25.2. The van der Waals surface area contributed by atoms with E-state index in [0.29, 0.717) is 36.3 Å². The van der Waals surface area contributed by atoms with Gasteiger partial charge in [-0.3, -0.25) is 9.10 Å². The molecule has 0 saturated carbocycles. The third-order valence-electron chi connectivity index (χ3n) is 4.93. The van der Waals surface area contributed by atoms with Crippen LogP contribution in [-0.2, 0) is 21.2 Å². The average molecular weight is 441 g/mol. The summed E-state index contributed by atoms with van der Waals surface area (Å²) in [5, 5.41) is 10.9. The number of hydrogen-bond donors (Lipinski definition) is 0. The van der Waals surface area contributed by atoms with E-state index in [2.05, 4.69) is 15.5 Å². The highest BCUT2D eigenvalue weighted by atomic mass is 32.2. The lowest BCUT2D eigenvalue weighted by molar-refractivity contribution is 0.0474. The number of sulfonamides is 1. The van der Waals surface area contributed by atoms with E-state index in [-0.39, 0.29) is 11.3 Å². The van der Waals surface area contributed by atoms with Gasteiger partial charge in [0, 0.05) is 12.1 Å². The molecule has 0 atom stereocenters. The van der Waals surface area contributed by atoms with Crippen LogP contribution in [0.15, 0.2) is 48.8 Å². The number of carbonyl (C=O) groups excluding carboxylic acids is 2. The standard InChI is InChI=1S/C20H19N5O5S/c1-31(28,29)25-10-4-5-14-11-15(8-9-17(14)25)19(26)12-30-20(27)16-6-2-3-7-18(16)24-13-21-22-23-24/h2-3,6-9,11,13H,4-5,10,12H2,1H3. The van der Waals surface area contributed by atoms with Gasteiger partial charge < -0.3 is 4.74 Å². The summed E-state index contributed by atoms with van der Waals surface area (Å²) >= 11 is 0. The molecular weight excluding hydrogens is 422 g/mol. The van der Waals surface area contributed by atoms with Crippen molar-refractivity contribution in [3.8, 4) is 5.69 Å². The molecule has 0 saturated heterocycles. The minimum atomic E-state index is -3.38. The maximum atomic E-state index is 12.6. The van der Waals surface area contributed by atoms with Gasteiger partial charge in [-0.05, 0) is 59.2 Å². The van der Waals surface area contributed by atoms with Crippen LogP contribution in [0.25, 0.3) is 5.69 Å². The Kier molecular flexibility index (Phi) is 5.51. The number of ether oxygens (including phenoxy) is 1. The highest BCUT2D eigenvalue weighted by Crippen LogP contribution is 2.30. The van der Waals surface area contributed by atoms with Crippen molar-refractivity contribution in [1.82, 2.24) is 20.2 Å². The smallest absolute Gasteiger partial charge is 0.340 e. The van der Waals surface area contributed by atoms with Gasteiger partial charge in [0.15, 0.2) is 12.4 Å². The number of fused-ring (bicyclic) bond motifs is 1. The third kappa shape index (κ3) is 4.31. The van der Waals surface area contributed by atoms with Gasteiger partial charge in [-0.1, -0.05) is 12.1 Å². The van der Waals surface area contributed by atoms with Crippen LogP contribution in [0.1, 0.15) is 32.7 Å². The first kappa shape index (κ1) is 20.7. The number of nitrogens with zero attached hydrogens (tertiary/aromatic N) is 5. The first-order valence-electron chi connectivity index (χ1n) is 9.48. The number of carbonyl (C=O) groups is 2. The highest BCUT2D eigenvalue weighted by molar-refractivity contribution is 7.92. The monoisotopic (exact) mass is 441 g/mol. The van der Waals surface area contributed by atoms with E-state index in [1.54, 1.807) is 42.5 Å². The lowest BCUT2D eigenvalue weighted by atomic mass is 9.99. The van der Waals surface area contributed by atoms with Crippen LogP contribution >= 0.6 is 0 Å². The fourth-order valence-corrected chi connectivity index (χ4v) is 4.49. The number of aromatic nitrogens is 4. The predicted molar refractivity (Wildman–Crippen MR) is 111 cm³/mol. The molecule has 4 rings (SSSR count). The molecule has 3 aromatic rings. The van der Waals surface area contributed by atoms with Crippen molar-refractivity contribution in [1.29, 1.82) is 0 Å². The van der Waals surface area contributed by atoms with Gasteiger partial charge in [-0.2, -0.15) is 4.68 Å². The number of para-hydroxylation sites is 1. The number of tetrazole rings is 1. The van der Waals surface area contributed by atoms with Crippen molar-refractivity contribution in [2.45, 2.75) is 12.8 Å². The molecule has 31 heavy (non-hydrogen) atoms. The second-order valence-electron chi connectivity index (χ2n) is 7.05. The van der Waals surface area contributed by atoms with Crippen molar-refractivity contribution in [2.75, 3.05) is 23.7 Å². The zero-order valence-corrected chi connectivity index (χ0v) is 17.4. The fraction of sp³-hybridized carbons (Fsp3) is 0.250. The van der Waals surface area contributed by atoms with E-state index in [9.17, 15) is 18.0 Å². The molecule has 10 nitrogen and oxygen atoms in total.